The lowest BCUT2D eigenvalue weighted by Crippen LogP contribution is -2.36. The zero-order valence-corrected chi connectivity index (χ0v) is 11.6. The lowest BCUT2D eigenvalue weighted by atomic mass is 10.2. The fourth-order valence-electron chi connectivity index (χ4n) is 2.60. The molecule has 0 saturated carbocycles. The summed E-state index contributed by atoms with van der Waals surface area (Å²) in [7, 11) is 0. The van der Waals surface area contributed by atoms with Gasteiger partial charge in [0.05, 0.1) is 30.7 Å². The molecular weight excluding hydrogens is 285 g/mol. The Hall–Kier alpha value is -1.76. The number of halogens is 2. The first-order valence-electron chi connectivity index (χ1n) is 6.30. The summed E-state index contributed by atoms with van der Waals surface area (Å²) >= 11 is 5.78. The molecule has 0 aromatic carbocycles. The van der Waals surface area contributed by atoms with Gasteiger partial charge in [0.2, 0.25) is 11.2 Å². The maximum Gasteiger partial charge on any atom is 0.224 e. The monoisotopic (exact) mass is 297 g/mol. The molecule has 0 N–H and O–H groups in total. The van der Waals surface area contributed by atoms with Crippen molar-refractivity contribution in [2.75, 3.05) is 6.54 Å². The van der Waals surface area contributed by atoms with Gasteiger partial charge in [0.15, 0.2) is 5.65 Å². The van der Waals surface area contributed by atoms with Gasteiger partial charge in [0, 0.05) is 19.5 Å². The third-order valence-electron chi connectivity index (χ3n) is 3.50. The highest BCUT2D eigenvalue weighted by Crippen LogP contribution is 2.23. The van der Waals surface area contributed by atoms with Gasteiger partial charge in [0.25, 0.3) is 0 Å². The molecule has 106 valence electrons. The number of carbonyl (C=O) groups excluding carboxylic acids is 1. The van der Waals surface area contributed by atoms with Crippen molar-refractivity contribution in [3.8, 4) is 0 Å². The Morgan fingerprint density at radius 3 is 3.10 bits per heavy atom. The summed E-state index contributed by atoms with van der Waals surface area (Å²) in [5.41, 5.74) is 0.593. The summed E-state index contributed by atoms with van der Waals surface area (Å²) in [6.45, 7) is 2.00. The summed E-state index contributed by atoms with van der Waals surface area (Å²) in [5.74, 6) is -0.126. The molecule has 0 unspecified atom stereocenters. The molecule has 0 spiro atoms. The molecule has 1 fully saturated rings. The predicted molar refractivity (Wildman–Crippen MR) is 71.0 cm³/mol. The second kappa shape index (κ2) is 4.97. The van der Waals surface area contributed by atoms with E-state index in [0.717, 1.165) is 5.39 Å². The van der Waals surface area contributed by atoms with E-state index >= 15 is 0 Å². The second-order valence-electron chi connectivity index (χ2n) is 4.90. The van der Waals surface area contributed by atoms with E-state index in [1.54, 1.807) is 22.0 Å². The van der Waals surface area contributed by atoms with Gasteiger partial charge in [-0.1, -0.05) is 0 Å². The lowest BCUT2D eigenvalue weighted by Gasteiger charge is -2.22. The van der Waals surface area contributed by atoms with Crippen LogP contribution in [0.3, 0.4) is 0 Å². The van der Waals surface area contributed by atoms with Gasteiger partial charge in [-0.25, -0.2) is 14.1 Å². The van der Waals surface area contributed by atoms with Crippen LogP contribution in [-0.4, -0.2) is 49.3 Å². The zero-order valence-electron chi connectivity index (χ0n) is 10.8. The Bertz CT molecular complexity index is 660. The number of likely N-dealkylation sites (tertiary alicyclic amines) is 1. The molecule has 20 heavy (non-hydrogen) atoms. The molecule has 2 aromatic rings. The zero-order chi connectivity index (χ0) is 14.3. The van der Waals surface area contributed by atoms with Crippen molar-refractivity contribution in [2.45, 2.75) is 32.1 Å². The van der Waals surface area contributed by atoms with E-state index < -0.39 is 6.17 Å². The van der Waals surface area contributed by atoms with E-state index in [2.05, 4.69) is 15.1 Å². The average molecular weight is 298 g/mol. The molecule has 1 saturated heterocycles. The maximum absolute atomic E-state index is 13.5. The van der Waals surface area contributed by atoms with Crippen LogP contribution in [0.5, 0.6) is 0 Å². The van der Waals surface area contributed by atoms with Crippen molar-refractivity contribution in [1.29, 1.82) is 0 Å². The maximum atomic E-state index is 13.5. The smallest absolute Gasteiger partial charge is 0.224 e. The molecule has 0 radical (unpaired) electrons. The largest absolute Gasteiger partial charge is 0.335 e. The molecule has 1 amide bonds. The normalized spacial score (nSPS) is 22.6. The number of nitrogens with zero attached hydrogens (tertiary/aromatic N) is 5. The van der Waals surface area contributed by atoms with Crippen LogP contribution in [0.4, 0.5) is 4.39 Å². The summed E-state index contributed by atoms with van der Waals surface area (Å²) in [5, 5.41) is 5.11. The van der Waals surface area contributed by atoms with Gasteiger partial charge in [-0.05, 0) is 11.6 Å². The van der Waals surface area contributed by atoms with Crippen molar-refractivity contribution in [3.05, 3.63) is 17.7 Å². The topological polar surface area (TPSA) is 63.9 Å². The number of hydrogen-bond donors (Lipinski definition) is 0. The molecule has 0 bridgehead atoms. The van der Waals surface area contributed by atoms with Crippen molar-refractivity contribution in [1.82, 2.24) is 24.6 Å². The molecule has 1 aliphatic heterocycles. The molecule has 2 aromatic heterocycles. The standard InChI is InChI=1S/C12H13ClFN5O/c1-7(20)18-5-9(14)2-10(18)6-19-11-8(4-16-19)3-15-12(13)17-11/h3-4,9-10H,2,5-6H2,1H3/t9-,10+/m1/s1. The predicted octanol–water partition coefficient (Wildman–Crippen LogP) is 1.44. The van der Waals surface area contributed by atoms with E-state index in [1.807, 2.05) is 0 Å². The number of hydrogen-bond acceptors (Lipinski definition) is 4. The summed E-state index contributed by atoms with van der Waals surface area (Å²) in [6.07, 6.45) is 2.55. The number of rotatable bonds is 2. The Morgan fingerprint density at radius 2 is 2.35 bits per heavy atom. The molecular formula is C12H13ClFN5O. The summed E-state index contributed by atoms with van der Waals surface area (Å²) in [6, 6.07) is -0.209. The highest BCUT2D eigenvalue weighted by atomic mass is 35.5. The van der Waals surface area contributed by atoms with E-state index in [0.29, 0.717) is 18.6 Å². The Balaban J connectivity index is 1.89. The number of aromatic nitrogens is 4. The molecule has 1 aliphatic rings. The number of fused-ring (bicyclic) bond motifs is 1. The second-order valence-corrected chi connectivity index (χ2v) is 5.24. The van der Waals surface area contributed by atoms with Crippen molar-refractivity contribution >= 4 is 28.5 Å². The van der Waals surface area contributed by atoms with Gasteiger partial charge < -0.3 is 4.90 Å². The van der Waals surface area contributed by atoms with Crippen LogP contribution in [0.1, 0.15) is 13.3 Å². The third-order valence-corrected chi connectivity index (χ3v) is 3.68. The molecule has 6 nitrogen and oxygen atoms in total. The minimum atomic E-state index is -0.982. The molecule has 2 atom stereocenters. The first-order chi connectivity index (χ1) is 9.54. The summed E-state index contributed by atoms with van der Waals surface area (Å²) in [4.78, 5) is 21.1. The van der Waals surface area contributed by atoms with E-state index in [9.17, 15) is 9.18 Å². The van der Waals surface area contributed by atoms with Crippen LogP contribution >= 0.6 is 11.6 Å². The minimum absolute atomic E-state index is 0.126. The SMILES string of the molecule is CC(=O)N1C[C@H](F)C[C@H]1Cn1ncc2cnc(Cl)nc21. The number of amides is 1. The average Bonchev–Trinajstić information content (AvgIpc) is 2.94. The fourth-order valence-corrected chi connectivity index (χ4v) is 2.73. The van der Waals surface area contributed by atoms with Crippen molar-refractivity contribution < 1.29 is 9.18 Å². The van der Waals surface area contributed by atoms with Crippen LogP contribution in [0, 0.1) is 0 Å². The molecule has 3 rings (SSSR count). The van der Waals surface area contributed by atoms with Gasteiger partial charge in [-0.15, -0.1) is 0 Å². The van der Waals surface area contributed by atoms with Crippen molar-refractivity contribution in [2.24, 2.45) is 0 Å². The van der Waals surface area contributed by atoms with Gasteiger partial charge in [-0.2, -0.15) is 10.1 Å². The fraction of sp³-hybridized carbons (Fsp3) is 0.500. The van der Waals surface area contributed by atoms with Crippen LogP contribution in [0.25, 0.3) is 11.0 Å². The third kappa shape index (κ3) is 2.33. The molecule has 3 heterocycles. The van der Waals surface area contributed by atoms with Gasteiger partial charge in [-0.3, -0.25) is 4.79 Å². The molecule has 8 heteroatoms. The van der Waals surface area contributed by atoms with Crippen LogP contribution in [0.2, 0.25) is 5.28 Å². The first kappa shape index (κ1) is 13.2. The van der Waals surface area contributed by atoms with Crippen LogP contribution in [0.15, 0.2) is 12.4 Å². The van der Waals surface area contributed by atoms with Crippen molar-refractivity contribution in [3.63, 3.8) is 0 Å². The minimum Gasteiger partial charge on any atom is -0.335 e. The first-order valence-corrected chi connectivity index (χ1v) is 6.67. The van der Waals surface area contributed by atoms with Gasteiger partial charge in [0.1, 0.15) is 6.17 Å². The van der Waals surface area contributed by atoms with E-state index in [4.69, 9.17) is 11.6 Å². The quantitative estimate of drug-likeness (QED) is 0.787. The highest BCUT2D eigenvalue weighted by Gasteiger charge is 2.34. The van der Waals surface area contributed by atoms with Gasteiger partial charge >= 0.3 is 0 Å². The Morgan fingerprint density at radius 1 is 1.55 bits per heavy atom. The highest BCUT2D eigenvalue weighted by molar-refractivity contribution is 6.28. The number of carbonyl (C=O) groups is 1. The van der Waals surface area contributed by atoms with E-state index in [1.165, 1.54) is 6.92 Å². The Labute approximate surface area is 119 Å². The summed E-state index contributed by atoms with van der Waals surface area (Å²) < 4.78 is 15.2. The van der Waals surface area contributed by atoms with E-state index in [-0.39, 0.29) is 23.8 Å². The Kier molecular flexibility index (Phi) is 3.29. The molecule has 0 aliphatic carbocycles. The number of alkyl halides is 1. The van der Waals surface area contributed by atoms with Crippen LogP contribution < -0.4 is 0 Å². The lowest BCUT2D eigenvalue weighted by molar-refractivity contribution is -0.130. The van der Waals surface area contributed by atoms with Crippen LogP contribution in [-0.2, 0) is 11.3 Å².